The molecule has 5 nitrogen and oxygen atoms in total. The molecule has 0 aromatic carbocycles. The van der Waals surface area contributed by atoms with Crippen LogP contribution in [0.4, 0.5) is 0 Å². The highest BCUT2D eigenvalue weighted by atomic mass is 16.4. The van der Waals surface area contributed by atoms with Crippen molar-refractivity contribution in [1.82, 2.24) is 15.1 Å². The van der Waals surface area contributed by atoms with Crippen molar-refractivity contribution in [3.63, 3.8) is 0 Å². The van der Waals surface area contributed by atoms with Crippen LogP contribution in [0, 0.1) is 0 Å². The molecular formula is C14H29N3O2. The summed E-state index contributed by atoms with van der Waals surface area (Å²) in [6, 6.07) is 0.401. The number of likely N-dealkylation sites (N-methyl/N-ethyl adjacent to an activating group) is 1. The van der Waals surface area contributed by atoms with Gasteiger partial charge in [0.15, 0.2) is 0 Å². The first kappa shape index (κ1) is 16.4. The van der Waals surface area contributed by atoms with Gasteiger partial charge >= 0.3 is 5.97 Å². The molecule has 0 saturated heterocycles. The molecule has 1 rings (SSSR count). The number of aliphatic carboxylic acids is 1. The minimum atomic E-state index is -0.831. The lowest BCUT2D eigenvalue weighted by Crippen LogP contribution is -2.58. The van der Waals surface area contributed by atoms with Gasteiger partial charge in [-0.3, -0.25) is 15.0 Å². The first-order valence-electron chi connectivity index (χ1n) is 7.25. The Bertz CT molecular complexity index is 292. The largest absolute Gasteiger partial charge is 0.480 e. The Kier molecular flexibility index (Phi) is 6.23. The van der Waals surface area contributed by atoms with E-state index >= 15 is 0 Å². The van der Waals surface area contributed by atoms with Gasteiger partial charge in [-0.2, -0.15) is 0 Å². The lowest BCUT2D eigenvalue weighted by molar-refractivity contribution is -0.145. The first-order valence-corrected chi connectivity index (χ1v) is 7.25. The van der Waals surface area contributed by atoms with Gasteiger partial charge in [-0.05, 0) is 46.8 Å². The van der Waals surface area contributed by atoms with E-state index in [0.29, 0.717) is 12.6 Å². The van der Waals surface area contributed by atoms with Crippen molar-refractivity contribution >= 4 is 5.97 Å². The van der Waals surface area contributed by atoms with E-state index < -0.39 is 11.5 Å². The van der Waals surface area contributed by atoms with Gasteiger partial charge in [-0.1, -0.05) is 6.92 Å². The van der Waals surface area contributed by atoms with Crippen LogP contribution in [-0.2, 0) is 4.79 Å². The fourth-order valence-electron chi connectivity index (χ4n) is 2.23. The van der Waals surface area contributed by atoms with Gasteiger partial charge in [-0.15, -0.1) is 0 Å². The van der Waals surface area contributed by atoms with Gasteiger partial charge in [0.25, 0.3) is 0 Å². The van der Waals surface area contributed by atoms with Gasteiger partial charge in [0.1, 0.15) is 5.54 Å². The molecule has 1 saturated carbocycles. The zero-order valence-corrected chi connectivity index (χ0v) is 12.8. The second kappa shape index (κ2) is 7.22. The molecule has 0 bridgehead atoms. The van der Waals surface area contributed by atoms with Gasteiger partial charge in [-0.25, -0.2) is 0 Å². The van der Waals surface area contributed by atoms with Crippen LogP contribution < -0.4 is 5.32 Å². The fourth-order valence-corrected chi connectivity index (χ4v) is 2.23. The molecule has 1 unspecified atom stereocenters. The molecule has 0 amide bonds. The van der Waals surface area contributed by atoms with Crippen LogP contribution in [0.5, 0.6) is 0 Å². The molecule has 5 heteroatoms. The van der Waals surface area contributed by atoms with E-state index in [1.165, 1.54) is 0 Å². The van der Waals surface area contributed by atoms with Gasteiger partial charge in [0.2, 0.25) is 0 Å². The number of nitrogens with zero attached hydrogens (tertiary/aromatic N) is 2. The van der Waals surface area contributed by atoms with Gasteiger partial charge < -0.3 is 10.0 Å². The van der Waals surface area contributed by atoms with Crippen LogP contribution in [0.1, 0.15) is 33.1 Å². The van der Waals surface area contributed by atoms with Gasteiger partial charge in [0.05, 0.1) is 0 Å². The topological polar surface area (TPSA) is 55.8 Å². The minimum Gasteiger partial charge on any atom is -0.480 e. The number of nitrogens with one attached hydrogen (secondary N) is 1. The molecule has 0 heterocycles. The maximum atomic E-state index is 11.6. The first-order chi connectivity index (χ1) is 8.87. The second-order valence-corrected chi connectivity index (χ2v) is 6.14. The number of carbonyl (C=O) groups is 1. The van der Waals surface area contributed by atoms with Crippen molar-refractivity contribution in [2.24, 2.45) is 0 Å². The van der Waals surface area contributed by atoms with E-state index in [1.54, 1.807) is 0 Å². The summed E-state index contributed by atoms with van der Waals surface area (Å²) in [5, 5.41) is 12.8. The highest BCUT2D eigenvalue weighted by molar-refractivity contribution is 5.78. The summed E-state index contributed by atoms with van der Waals surface area (Å²) in [4.78, 5) is 16.0. The van der Waals surface area contributed by atoms with Crippen LogP contribution in [-0.4, -0.2) is 72.7 Å². The molecule has 112 valence electrons. The Labute approximate surface area is 117 Å². The van der Waals surface area contributed by atoms with E-state index in [9.17, 15) is 9.90 Å². The molecule has 19 heavy (non-hydrogen) atoms. The van der Waals surface area contributed by atoms with Crippen LogP contribution in [0.3, 0.4) is 0 Å². The molecule has 2 N–H and O–H groups in total. The Morgan fingerprint density at radius 2 is 1.95 bits per heavy atom. The summed E-state index contributed by atoms with van der Waals surface area (Å²) in [6.07, 6.45) is 3.26. The summed E-state index contributed by atoms with van der Waals surface area (Å²) in [6.45, 7) is 7.33. The van der Waals surface area contributed by atoms with E-state index in [4.69, 9.17) is 0 Å². The van der Waals surface area contributed by atoms with E-state index in [2.05, 4.69) is 22.0 Å². The van der Waals surface area contributed by atoms with Crippen molar-refractivity contribution in [2.75, 3.05) is 40.3 Å². The van der Waals surface area contributed by atoms with E-state index in [1.807, 2.05) is 21.0 Å². The molecule has 0 radical (unpaired) electrons. The summed E-state index contributed by atoms with van der Waals surface area (Å²) in [5.41, 5.74) is -0.831. The normalized spacial score (nSPS) is 18.8. The summed E-state index contributed by atoms with van der Waals surface area (Å²) in [5.74, 6) is -0.745. The fraction of sp³-hybridized carbons (Fsp3) is 0.929. The third-order valence-corrected chi connectivity index (χ3v) is 3.52. The molecule has 0 spiro atoms. The highest BCUT2D eigenvalue weighted by Gasteiger charge is 2.39. The Morgan fingerprint density at radius 3 is 2.37 bits per heavy atom. The monoisotopic (exact) mass is 271 g/mol. The third-order valence-electron chi connectivity index (χ3n) is 3.52. The number of hydrogen-bond acceptors (Lipinski definition) is 4. The zero-order chi connectivity index (χ0) is 14.5. The quantitative estimate of drug-likeness (QED) is 0.617. The van der Waals surface area contributed by atoms with Crippen LogP contribution in [0.2, 0.25) is 0 Å². The predicted molar refractivity (Wildman–Crippen MR) is 77.5 cm³/mol. The summed E-state index contributed by atoms with van der Waals surface area (Å²) < 4.78 is 0. The number of carboxylic acid groups (broad SMARTS) is 1. The highest BCUT2D eigenvalue weighted by Crippen LogP contribution is 2.23. The van der Waals surface area contributed by atoms with E-state index in [-0.39, 0.29) is 0 Å². The average molecular weight is 271 g/mol. The third kappa shape index (κ3) is 5.89. The second-order valence-electron chi connectivity index (χ2n) is 6.14. The van der Waals surface area contributed by atoms with Crippen LogP contribution >= 0.6 is 0 Å². The maximum absolute atomic E-state index is 11.6. The Balaban J connectivity index is 2.57. The molecule has 0 aromatic heterocycles. The minimum absolute atomic E-state index is 0.401. The maximum Gasteiger partial charge on any atom is 0.324 e. The molecule has 0 aromatic rings. The number of carboxylic acids is 1. The Hall–Kier alpha value is -0.650. The van der Waals surface area contributed by atoms with Gasteiger partial charge in [0, 0.05) is 25.7 Å². The van der Waals surface area contributed by atoms with Crippen molar-refractivity contribution < 1.29 is 9.90 Å². The van der Waals surface area contributed by atoms with Crippen molar-refractivity contribution in [3.05, 3.63) is 0 Å². The Morgan fingerprint density at radius 1 is 1.32 bits per heavy atom. The number of rotatable bonds is 10. The molecule has 1 fully saturated rings. The summed E-state index contributed by atoms with van der Waals surface area (Å²) in [7, 11) is 4.09. The molecule has 1 atom stereocenters. The molecular weight excluding hydrogens is 242 g/mol. The van der Waals surface area contributed by atoms with Crippen LogP contribution in [0.15, 0.2) is 0 Å². The SMILES string of the molecule is CCCN(CCN(C)C)CC(C)(NC1CC1)C(=O)O. The number of hydrogen-bond donors (Lipinski definition) is 2. The smallest absolute Gasteiger partial charge is 0.324 e. The standard InChI is InChI=1S/C14H29N3O2/c1-5-8-17(10-9-16(3)4)11-14(2,13(18)19)15-12-6-7-12/h12,15H,5-11H2,1-4H3,(H,18,19). The predicted octanol–water partition coefficient (Wildman–Crippen LogP) is 0.855. The lowest BCUT2D eigenvalue weighted by atomic mass is 10.0. The van der Waals surface area contributed by atoms with Crippen molar-refractivity contribution in [3.8, 4) is 0 Å². The van der Waals surface area contributed by atoms with Crippen molar-refractivity contribution in [1.29, 1.82) is 0 Å². The molecule has 1 aliphatic carbocycles. The average Bonchev–Trinajstić information content (AvgIpc) is 3.09. The lowest BCUT2D eigenvalue weighted by Gasteiger charge is -2.33. The summed E-state index contributed by atoms with van der Waals surface area (Å²) >= 11 is 0. The molecule has 0 aliphatic heterocycles. The zero-order valence-electron chi connectivity index (χ0n) is 12.8. The van der Waals surface area contributed by atoms with Crippen LogP contribution in [0.25, 0.3) is 0 Å². The molecule has 1 aliphatic rings. The van der Waals surface area contributed by atoms with E-state index in [0.717, 1.165) is 38.9 Å². The van der Waals surface area contributed by atoms with Crippen molar-refractivity contribution in [2.45, 2.75) is 44.7 Å².